The van der Waals surface area contributed by atoms with E-state index in [0.29, 0.717) is 0 Å². The molecule has 1 aliphatic heterocycles. The summed E-state index contributed by atoms with van der Waals surface area (Å²) in [5.74, 6) is 3.57. The van der Waals surface area contributed by atoms with Crippen molar-refractivity contribution in [2.45, 2.75) is 19.8 Å². The van der Waals surface area contributed by atoms with Gasteiger partial charge >= 0.3 is 0 Å². The number of benzene rings is 1. The number of aromatic nitrogens is 2. The monoisotopic (exact) mass is 418 g/mol. The number of aryl methyl sites for hydroxylation is 1. The van der Waals surface area contributed by atoms with E-state index in [2.05, 4.69) is 36.4 Å². The number of rotatable bonds is 7. The maximum absolute atomic E-state index is 5.47. The minimum Gasteiger partial charge on any atom is -0.497 e. The third kappa shape index (κ3) is 5.29. The quantitative estimate of drug-likeness (QED) is 0.545. The van der Waals surface area contributed by atoms with E-state index in [0.717, 1.165) is 79.5 Å². The Morgan fingerprint density at radius 3 is 2.62 bits per heavy atom. The molecule has 3 rings (SSSR count). The van der Waals surface area contributed by atoms with Crippen molar-refractivity contribution in [3.8, 4) is 11.5 Å². The molecule has 0 atom stereocenters. The Morgan fingerprint density at radius 2 is 2.00 bits per heavy atom. The second-order valence-electron chi connectivity index (χ2n) is 6.72. The molecule has 0 amide bonds. The summed E-state index contributed by atoms with van der Waals surface area (Å²) in [6.07, 6.45) is 1.70. The molecule has 0 bridgehead atoms. The molecular formula is C20H30N6O2S. The third-order valence-electron chi connectivity index (χ3n) is 5.00. The van der Waals surface area contributed by atoms with Gasteiger partial charge in [-0.05, 0) is 30.2 Å². The number of aliphatic imine (C=N–C) groups is 1. The molecule has 1 saturated heterocycles. The Morgan fingerprint density at radius 1 is 1.21 bits per heavy atom. The Hall–Kier alpha value is -2.55. The molecule has 1 aliphatic rings. The van der Waals surface area contributed by atoms with E-state index in [9.17, 15) is 0 Å². The van der Waals surface area contributed by atoms with Gasteiger partial charge in [-0.1, -0.05) is 6.92 Å². The van der Waals surface area contributed by atoms with Crippen molar-refractivity contribution in [1.29, 1.82) is 0 Å². The lowest BCUT2D eigenvalue weighted by molar-refractivity contribution is 0.372. The minimum atomic E-state index is 0.771. The van der Waals surface area contributed by atoms with Crippen LogP contribution >= 0.6 is 11.5 Å². The highest BCUT2D eigenvalue weighted by Crippen LogP contribution is 2.24. The first kappa shape index (κ1) is 21.2. The van der Waals surface area contributed by atoms with Gasteiger partial charge in [0.25, 0.3) is 0 Å². The zero-order valence-electron chi connectivity index (χ0n) is 17.6. The van der Waals surface area contributed by atoms with E-state index in [1.54, 1.807) is 14.2 Å². The van der Waals surface area contributed by atoms with Crippen LogP contribution in [0.5, 0.6) is 11.5 Å². The number of nitrogens with one attached hydrogen (secondary N) is 1. The molecule has 1 fully saturated rings. The molecule has 0 unspecified atom stereocenters. The van der Waals surface area contributed by atoms with Gasteiger partial charge in [0, 0.05) is 57.7 Å². The van der Waals surface area contributed by atoms with Crippen LogP contribution in [-0.4, -0.2) is 74.2 Å². The normalized spacial score (nSPS) is 14.8. The Bertz CT molecular complexity index is 817. The molecule has 1 N–H and O–H groups in total. The van der Waals surface area contributed by atoms with E-state index in [4.69, 9.17) is 9.47 Å². The van der Waals surface area contributed by atoms with E-state index < -0.39 is 0 Å². The lowest BCUT2D eigenvalue weighted by Crippen LogP contribution is -2.52. The van der Waals surface area contributed by atoms with Crippen LogP contribution in [-0.2, 0) is 12.8 Å². The fourth-order valence-corrected chi connectivity index (χ4v) is 4.15. The van der Waals surface area contributed by atoms with Gasteiger partial charge in [0.15, 0.2) is 5.96 Å². The third-order valence-corrected chi connectivity index (χ3v) is 5.81. The fraction of sp³-hybridized carbons (Fsp3) is 0.550. The maximum atomic E-state index is 5.47. The molecule has 2 heterocycles. The van der Waals surface area contributed by atoms with Crippen molar-refractivity contribution in [2.24, 2.45) is 4.99 Å². The Kier molecular flexibility index (Phi) is 7.51. The molecular weight excluding hydrogens is 388 g/mol. The van der Waals surface area contributed by atoms with Crippen molar-refractivity contribution >= 4 is 22.6 Å². The lowest BCUT2D eigenvalue weighted by atomic mass is 10.1. The predicted molar refractivity (Wildman–Crippen MR) is 118 cm³/mol. The topological polar surface area (TPSA) is 75.1 Å². The number of ether oxygens (including phenoxy) is 2. The maximum Gasteiger partial charge on any atom is 0.205 e. The summed E-state index contributed by atoms with van der Waals surface area (Å²) in [6, 6.07) is 5.88. The lowest BCUT2D eigenvalue weighted by Gasteiger charge is -2.36. The highest BCUT2D eigenvalue weighted by molar-refractivity contribution is 7.09. The summed E-state index contributed by atoms with van der Waals surface area (Å²) in [4.78, 5) is 13.7. The average molecular weight is 419 g/mol. The Balaban J connectivity index is 1.51. The van der Waals surface area contributed by atoms with Gasteiger partial charge in [0.05, 0.1) is 14.2 Å². The van der Waals surface area contributed by atoms with Crippen molar-refractivity contribution in [3.05, 3.63) is 29.6 Å². The number of hydrogen-bond donors (Lipinski definition) is 1. The molecule has 158 valence electrons. The largest absolute Gasteiger partial charge is 0.497 e. The van der Waals surface area contributed by atoms with Gasteiger partial charge in [0.1, 0.15) is 17.3 Å². The van der Waals surface area contributed by atoms with Crippen molar-refractivity contribution in [1.82, 2.24) is 19.6 Å². The number of piperazine rings is 1. The van der Waals surface area contributed by atoms with E-state index in [1.807, 2.05) is 25.2 Å². The summed E-state index contributed by atoms with van der Waals surface area (Å²) in [7, 11) is 5.20. The first-order valence-electron chi connectivity index (χ1n) is 9.92. The summed E-state index contributed by atoms with van der Waals surface area (Å²) in [5, 5.41) is 4.50. The molecule has 0 saturated carbocycles. The molecule has 9 heteroatoms. The van der Waals surface area contributed by atoms with Crippen LogP contribution in [0.1, 0.15) is 18.3 Å². The van der Waals surface area contributed by atoms with Gasteiger partial charge in [-0.25, -0.2) is 4.98 Å². The zero-order valence-corrected chi connectivity index (χ0v) is 18.5. The summed E-state index contributed by atoms with van der Waals surface area (Å²) >= 11 is 1.49. The van der Waals surface area contributed by atoms with Crippen molar-refractivity contribution < 1.29 is 9.47 Å². The van der Waals surface area contributed by atoms with E-state index >= 15 is 0 Å². The van der Waals surface area contributed by atoms with E-state index in [-0.39, 0.29) is 0 Å². The molecule has 8 nitrogen and oxygen atoms in total. The molecule has 0 spiro atoms. The first-order valence-corrected chi connectivity index (χ1v) is 10.7. The fourth-order valence-electron chi connectivity index (χ4n) is 3.34. The number of nitrogens with zero attached hydrogens (tertiary/aromatic N) is 5. The average Bonchev–Trinajstić information content (AvgIpc) is 3.26. The molecule has 1 aromatic heterocycles. The zero-order chi connectivity index (χ0) is 20.6. The van der Waals surface area contributed by atoms with Crippen molar-refractivity contribution in [3.63, 3.8) is 0 Å². The summed E-state index contributed by atoms with van der Waals surface area (Å²) in [6.45, 7) is 6.51. The van der Waals surface area contributed by atoms with Gasteiger partial charge < -0.3 is 24.6 Å². The van der Waals surface area contributed by atoms with Gasteiger partial charge in [0.2, 0.25) is 5.13 Å². The van der Waals surface area contributed by atoms with Gasteiger partial charge in [-0.3, -0.25) is 4.99 Å². The van der Waals surface area contributed by atoms with Crippen molar-refractivity contribution in [2.75, 3.05) is 58.9 Å². The smallest absolute Gasteiger partial charge is 0.205 e. The van der Waals surface area contributed by atoms with Crippen LogP contribution < -0.4 is 19.7 Å². The highest BCUT2D eigenvalue weighted by Gasteiger charge is 2.22. The minimum absolute atomic E-state index is 0.771. The van der Waals surface area contributed by atoms with Crippen LogP contribution in [0, 0.1) is 0 Å². The van der Waals surface area contributed by atoms with Crippen LogP contribution in [0.2, 0.25) is 0 Å². The van der Waals surface area contributed by atoms with Crippen LogP contribution in [0.25, 0.3) is 0 Å². The van der Waals surface area contributed by atoms with E-state index in [1.165, 1.54) is 11.5 Å². The standard InChI is InChI=1S/C20H30N6O2S/c1-5-18-23-20(29-24-18)26-12-10-25(11-13-26)19(21-2)22-9-8-15-14-16(27-3)6-7-17(15)28-4/h6-7,14H,5,8-13H2,1-4H3,(H,21,22). The van der Waals surface area contributed by atoms with Crippen LogP contribution in [0.15, 0.2) is 23.2 Å². The van der Waals surface area contributed by atoms with Crippen LogP contribution in [0.3, 0.4) is 0 Å². The number of methoxy groups -OCH3 is 2. The molecule has 1 aromatic carbocycles. The number of guanidine groups is 1. The Labute approximate surface area is 176 Å². The number of anilines is 1. The van der Waals surface area contributed by atoms with Gasteiger partial charge in [-0.2, -0.15) is 4.37 Å². The highest BCUT2D eigenvalue weighted by atomic mass is 32.1. The molecule has 0 radical (unpaired) electrons. The SMILES string of the molecule is CCc1nsc(N2CCN(C(=NC)NCCc3cc(OC)ccc3OC)CC2)n1. The van der Waals surface area contributed by atoms with Gasteiger partial charge in [-0.15, -0.1) is 0 Å². The summed E-state index contributed by atoms with van der Waals surface area (Å²) in [5.41, 5.74) is 1.11. The summed E-state index contributed by atoms with van der Waals surface area (Å²) < 4.78 is 15.2. The molecule has 29 heavy (non-hydrogen) atoms. The molecule has 0 aliphatic carbocycles. The van der Waals surface area contributed by atoms with Crippen LogP contribution in [0.4, 0.5) is 5.13 Å². The second-order valence-corrected chi connectivity index (χ2v) is 7.45. The number of hydrogen-bond acceptors (Lipinski definition) is 7. The molecule has 2 aromatic rings. The predicted octanol–water partition coefficient (Wildman–Crippen LogP) is 2.06. The second kappa shape index (κ2) is 10.3. The first-order chi connectivity index (χ1) is 14.2.